The van der Waals surface area contributed by atoms with Crippen molar-refractivity contribution in [2.45, 2.75) is 13.5 Å². The molecule has 0 saturated heterocycles. The predicted octanol–water partition coefficient (Wildman–Crippen LogP) is 2.62. The lowest BCUT2D eigenvalue weighted by Crippen LogP contribution is -1.96. The van der Waals surface area contributed by atoms with Gasteiger partial charge in [-0.1, -0.05) is 5.16 Å². The second-order valence-corrected chi connectivity index (χ2v) is 4.27. The minimum absolute atomic E-state index is 0.112. The largest absolute Gasteiger partial charge is 0.497 e. The van der Waals surface area contributed by atoms with E-state index in [9.17, 15) is 0 Å². The fourth-order valence-corrected chi connectivity index (χ4v) is 1.71. The fraction of sp³-hybridized carbons (Fsp3) is 0.214. The van der Waals surface area contributed by atoms with Crippen LogP contribution in [0.25, 0.3) is 11.5 Å². The highest BCUT2D eigenvalue weighted by atomic mass is 16.6. The van der Waals surface area contributed by atoms with Gasteiger partial charge < -0.3 is 13.9 Å². The van der Waals surface area contributed by atoms with Crippen LogP contribution in [0.3, 0.4) is 0 Å². The van der Waals surface area contributed by atoms with Crippen molar-refractivity contribution in [1.82, 2.24) is 15.1 Å². The third kappa shape index (κ3) is 3.02. The van der Waals surface area contributed by atoms with Crippen LogP contribution in [0.1, 0.15) is 11.5 Å². The third-order valence-electron chi connectivity index (χ3n) is 2.74. The minimum Gasteiger partial charge on any atom is -0.497 e. The number of ether oxygens (including phenoxy) is 2. The van der Waals surface area contributed by atoms with Gasteiger partial charge in [-0.05, 0) is 31.2 Å². The van der Waals surface area contributed by atoms with Crippen LogP contribution in [0.4, 0.5) is 0 Å². The molecule has 0 spiro atoms. The SMILES string of the molecule is COc1ccc(-c2nc(COc3nc(C)no3)co2)cc1. The summed E-state index contributed by atoms with van der Waals surface area (Å²) in [4.78, 5) is 8.27. The topological polar surface area (TPSA) is 83.4 Å². The highest BCUT2D eigenvalue weighted by Gasteiger charge is 2.09. The molecule has 0 atom stereocenters. The molecule has 0 unspecified atom stereocenters. The smallest absolute Gasteiger partial charge is 0.417 e. The van der Waals surface area contributed by atoms with E-state index >= 15 is 0 Å². The monoisotopic (exact) mass is 287 g/mol. The molecular formula is C14H13N3O4. The van der Waals surface area contributed by atoms with E-state index in [-0.39, 0.29) is 12.7 Å². The standard InChI is InChI=1S/C14H13N3O4/c1-9-15-14(21-17-9)20-8-11-7-19-13(16-11)10-3-5-12(18-2)6-4-10/h3-7H,8H2,1-2H3. The van der Waals surface area contributed by atoms with Crippen LogP contribution in [0.15, 0.2) is 39.5 Å². The van der Waals surface area contributed by atoms with Crippen LogP contribution in [-0.4, -0.2) is 22.2 Å². The zero-order chi connectivity index (χ0) is 14.7. The second kappa shape index (κ2) is 5.66. The molecule has 3 aromatic rings. The van der Waals surface area contributed by atoms with Crippen molar-refractivity contribution in [3.63, 3.8) is 0 Å². The van der Waals surface area contributed by atoms with E-state index in [1.807, 2.05) is 24.3 Å². The average Bonchev–Trinajstić information content (AvgIpc) is 3.14. The quantitative estimate of drug-likeness (QED) is 0.713. The molecule has 1 aromatic carbocycles. The van der Waals surface area contributed by atoms with Crippen molar-refractivity contribution >= 4 is 0 Å². The second-order valence-electron chi connectivity index (χ2n) is 4.27. The highest BCUT2D eigenvalue weighted by molar-refractivity contribution is 5.54. The van der Waals surface area contributed by atoms with Gasteiger partial charge in [-0.15, -0.1) is 0 Å². The van der Waals surface area contributed by atoms with E-state index in [0.717, 1.165) is 11.3 Å². The molecule has 3 rings (SSSR count). The Morgan fingerprint density at radius 2 is 1.95 bits per heavy atom. The molecule has 7 nitrogen and oxygen atoms in total. The molecule has 0 N–H and O–H groups in total. The van der Waals surface area contributed by atoms with Gasteiger partial charge in [0, 0.05) is 5.56 Å². The van der Waals surface area contributed by atoms with Gasteiger partial charge in [0.1, 0.15) is 24.3 Å². The Kier molecular flexibility index (Phi) is 3.55. The normalized spacial score (nSPS) is 10.6. The van der Waals surface area contributed by atoms with E-state index in [2.05, 4.69) is 15.1 Å². The minimum atomic E-state index is 0.112. The first kappa shape index (κ1) is 13.2. The summed E-state index contributed by atoms with van der Waals surface area (Å²) in [7, 11) is 1.62. The zero-order valence-corrected chi connectivity index (χ0v) is 11.6. The van der Waals surface area contributed by atoms with Crippen molar-refractivity contribution < 1.29 is 18.4 Å². The molecule has 7 heteroatoms. The maximum Gasteiger partial charge on any atom is 0.417 e. The molecule has 0 bridgehead atoms. The molecular weight excluding hydrogens is 274 g/mol. The molecule has 108 valence electrons. The predicted molar refractivity (Wildman–Crippen MR) is 71.9 cm³/mol. The molecule has 0 aliphatic heterocycles. The molecule has 0 amide bonds. The number of oxazole rings is 1. The van der Waals surface area contributed by atoms with Gasteiger partial charge >= 0.3 is 6.08 Å². The highest BCUT2D eigenvalue weighted by Crippen LogP contribution is 2.22. The van der Waals surface area contributed by atoms with Crippen LogP contribution < -0.4 is 9.47 Å². The van der Waals surface area contributed by atoms with Gasteiger partial charge in [-0.2, -0.15) is 4.98 Å². The molecule has 2 aromatic heterocycles. The third-order valence-corrected chi connectivity index (χ3v) is 2.74. The first-order valence-electron chi connectivity index (χ1n) is 6.26. The van der Waals surface area contributed by atoms with Gasteiger partial charge in [-0.25, -0.2) is 4.98 Å². The van der Waals surface area contributed by atoms with Gasteiger partial charge in [0.2, 0.25) is 5.89 Å². The molecule has 21 heavy (non-hydrogen) atoms. The van der Waals surface area contributed by atoms with Gasteiger partial charge in [0.25, 0.3) is 0 Å². The summed E-state index contributed by atoms with van der Waals surface area (Å²) in [5, 5.41) is 3.63. The van der Waals surface area contributed by atoms with Gasteiger partial charge in [0.05, 0.1) is 7.11 Å². The Labute approximate surface area is 120 Å². The number of hydrogen-bond acceptors (Lipinski definition) is 7. The Morgan fingerprint density at radius 1 is 1.14 bits per heavy atom. The van der Waals surface area contributed by atoms with Crippen molar-refractivity contribution in [3.8, 4) is 23.3 Å². The van der Waals surface area contributed by atoms with Crippen molar-refractivity contribution in [2.75, 3.05) is 7.11 Å². The van der Waals surface area contributed by atoms with Crippen LogP contribution >= 0.6 is 0 Å². The number of methoxy groups -OCH3 is 1. The Bertz CT molecular complexity index is 718. The van der Waals surface area contributed by atoms with Crippen LogP contribution in [0, 0.1) is 6.92 Å². The van der Waals surface area contributed by atoms with E-state index < -0.39 is 0 Å². The summed E-state index contributed by atoms with van der Waals surface area (Å²) in [6, 6.07) is 7.43. The molecule has 0 radical (unpaired) electrons. The first-order valence-corrected chi connectivity index (χ1v) is 6.26. The van der Waals surface area contributed by atoms with Crippen molar-refractivity contribution in [3.05, 3.63) is 42.0 Å². The Balaban J connectivity index is 1.67. The van der Waals surface area contributed by atoms with E-state index in [0.29, 0.717) is 17.4 Å². The first-order chi connectivity index (χ1) is 10.2. The summed E-state index contributed by atoms with van der Waals surface area (Å²) in [6.45, 7) is 1.91. The summed E-state index contributed by atoms with van der Waals surface area (Å²) in [6.07, 6.45) is 1.64. The van der Waals surface area contributed by atoms with Crippen LogP contribution in [0.2, 0.25) is 0 Å². The zero-order valence-electron chi connectivity index (χ0n) is 11.6. The molecule has 0 aliphatic rings. The maximum atomic E-state index is 5.42. The average molecular weight is 287 g/mol. The number of benzene rings is 1. The number of aryl methyl sites for hydroxylation is 1. The maximum absolute atomic E-state index is 5.42. The van der Waals surface area contributed by atoms with Crippen molar-refractivity contribution in [2.24, 2.45) is 0 Å². The lowest BCUT2D eigenvalue weighted by atomic mass is 10.2. The number of hydrogen-bond donors (Lipinski definition) is 0. The van der Waals surface area contributed by atoms with E-state index in [1.54, 1.807) is 14.0 Å². The van der Waals surface area contributed by atoms with Gasteiger partial charge in [0.15, 0.2) is 5.82 Å². The summed E-state index contributed by atoms with van der Waals surface area (Å²) < 4.78 is 20.7. The van der Waals surface area contributed by atoms with E-state index in [4.69, 9.17) is 18.4 Å². The Morgan fingerprint density at radius 3 is 2.62 bits per heavy atom. The molecule has 0 fully saturated rings. The molecule has 0 aliphatic carbocycles. The summed E-state index contributed by atoms with van der Waals surface area (Å²) in [5.74, 6) is 1.81. The van der Waals surface area contributed by atoms with Gasteiger partial charge in [-0.3, -0.25) is 4.52 Å². The van der Waals surface area contributed by atoms with Crippen LogP contribution in [-0.2, 0) is 6.61 Å². The summed E-state index contributed by atoms with van der Waals surface area (Å²) >= 11 is 0. The fourth-order valence-electron chi connectivity index (χ4n) is 1.71. The number of aromatic nitrogens is 3. The number of rotatable bonds is 5. The molecule has 2 heterocycles. The lowest BCUT2D eigenvalue weighted by molar-refractivity contribution is 0.192. The Hall–Kier alpha value is -2.83. The van der Waals surface area contributed by atoms with Crippen LogP contribution in [0.5, 0.6) is 11.8 Å². The van der Waals surface area contributed by atoms with E-state index in [1.165, 1.54) is 6.26 Å². The molecule has 0 saturated carbocycles. The van der Waals surface area contributed by atoms with Crippen molar-refractivity contribution in [1.29, 1.82) is 0 Å². The summed E-state index contributed by atoms with van der Waals surface area (Å²) in [5.41, 5.74) is 1.49. The lowest BCUT2D eigenvalue weighted by Gasteiger charge is -1.99. The number of nitrogens with zero attached hydrogens (tertiary/aromatic N) is 3.